The van der Waals surface area contributed by atoms with Crippen LogP contribution in [0, 0.1) is 0 Å². The number of hydrogen-bond donors (Lipinski definition) is 1. The Bertz CT molecular complexity index is 510. The third-order valence-electron chi connectivity index (χ3n) is 2.00. The van der Waals surface area contributed by atoms with Gasteiger partial charge in [0.25, 0.3) is 5.24 Å². The summed E-state index contributed by atoms with van der Waals surface area (Å²) in [7, 11) is 0. The summed E-state index contributed by atoms with van der Waals surface area (Å²) >= 11 is 11.2. The molecule has 0 aliphatic carbocycles. The predicted molar refractivity (Wildman–Crippen MR) is 67.2 cm³/mol. The van der Waals surface area contributed by atoms with Gasteiger partial charge in [-0.3, -0.25) is 4.79 Å². The summed E-state index contributed by atoms with van der Waals surface area (Å²) < 4.78 is 0. The largest absolute Gasteiger partial charge is 0.276 e. The Morgan fingerprint density at radius 2 is 2.00 bits per heavy atom. The molecule has 0 aliphatic rings. The third kappa shape index (κ3) is 2.95. The molecule has 0 aliphatic heterocycles. The Kier molecular flexibility index (Phi) is 5.19. The second-order valence-electron chi connectivity index (χ2n) is 2.99. The van der Waals surface area contributed by atoms with Crippen molar-refractivity contribution in [3.8, 4) is 10.4 Å². The first-order valence-electron chi connectivity index (χ1n) is 4.25. The summed E-state index contributed by atoms with van der Waals surface area (Å²) in [6, 6.07) is 9.54. The molecule has 0 spiro atoms. The fraction of sp³-hybridized carbons (Fsp3) is 0. The Morgan fingerprint density at radius 1 is 1.31 bits per heavy atom. The van der Waals surface area contributed by atoms with Gasteiger partial charge in [0.2, 0.25) is 0 Å². The van der Waals surface area contributed by atoms with Crippen LogP contribution in [0.15, 0.2) is 40.6 Å². The molecular formula is C11H7ClOS2Zn. The minimum absolute atomic E-state index is 0. The molecule has 1 heterocycles. The molecule has 0 bridgehead atoms. The fourth-order valence-corrected chi connectivity index (χ4v) is 2.72. The van der Waals surface area contributed by atoms with Gasteiger partial charge in [-0.25, -0.2) is 0 Å². The molecule has 0 radical (unpaired) electrons. The van der Waals surface area contributed by atoms with Crippen molar-refractivity contribution in [1.29, 1.82) is 0 Å². The molecule has 5 heteroatoms. The molecule has 0 N–H and O–H groups in total. The average molecular weight is 320 g/mol. The molecule has 2 rings (SSSR count). The fourth-order valence-electron chi connectivity index (χ4n) is 1.26. The molecule has 1 aromatic carbocycles. The topological polar surface area (TPSA) is 17.1 Å². The average Bonchev–Trinajstić information content (AvgIpc) is 2.67. The van der Waals surface area contributed by atoms with E-state index in [1.807, 2.05) is 24.3 Å². The summed E-state index contributed by atoms with van der Waals surface area (Å²) in [6.07, 6.45) is 0. The smallest absolute Gasteiger partial charge is 0.253 e. The zero-order valence-electron chi connectivity index (χ0n) is 8.31. The SMILES string of the molecule is O=C(Cl)c1csc(-c2ccccc2S)c1.[Zn]. The Morgan fingerprint density at radius 3 is 2.56 bits per heavy atom. The van der Waals surface area contributed by atoms with Gasteiger partial charge in [-0.2, -0.15) is 0 Å². The van der Waals surface area contributed by atoms with Crippen LogP contribution in [0.3, 0.4) is 0 Å². The maximum atomic E-state index is 10.9. The summed E-state index contributed by atoms with van der Waals surface area (Å²) in [5.74, 6) is 0. The van der Waals surface area contributed by atoms with Gasteiger partial charge in [-0.15, -0.1) is 24.0 Å². The molecule has 16 heavy (non-hydrogen) atoms. The van der Waals surface area contributed by atoms with Crippen LogP contribution in [0.2, 0.25) is 0 Å². The molecule has 0 amide bonds. The number of carbonyl (C=O) groups excluding carboxylic acids is 1. The van der Waals surface area contributed by atoms with Crippen molar-refractivity contribution in [2.75, 3.05) is 0 Å². The minimum atomic E-state index is -0.422. The third-order valence-corrected chi connectivity index (χ3v) is 3.57. The molecule has 0 unspecified atom stereocenters. The monoisotopic (exact) mass is 318 g/mol. The van der Waals surface area contributed by atoms with Gasteiger partial charge >= 0.3 is 0 Å². The molecular weight excluding hydrogens is 313 g/mol. The minimum Gasteiger partial charge on any atom is -0.276 e. The second kappa shape index (κ2) is 5.97. The maximum Gasteiger partial charge on any atom is 0.253 e. The molecule has 1 nitrogen and oxygen atoms in total. The van der Waals surface area contributed by atoms with Gasteiger partial charge in [-0.05, 0) is 23.7 Å². The van der Waals surface area contributed by atoms with Crippen molar-refractivity contribution in [3.05, 3.63) is 41.3 Å². The van der Waals surface area contributed by atoms with Gasteiger partial charge in [0.1, 0.15) is 0 Å². The summed E-state index contributed by atoms with van der Waals surface area (Å²) in [5, 5.41) is 1.33. The number of benzene rings is 1. The number of hydrogen-bond acceptors (Lipinski definition) is 3. The summed E-state index contributed by atoms with van der Waals surface area (Å²) in [6.45, 7) is 0. The molecule has 1 aromatic heterocycles. The van der Waals surface area contributed by atoms with E-state index in [4.69, 9.17) is 11.6 Å². The van der Waals surface area contributed by atoms with Crippen LogP contribution >= 0.6 is 35.6 Å². The van der Waals surface area contributed by atoms with Gasteiger partial charge < -0.3 is 0 Å². The van der Waals surface area contributed by atoms with Gasteiger partial charge in [0.05, 0.1) is 0 Å². The Labute approximate surface area is 121 Å². The second-order valence-corrected chi connectivity index (χ2v) is 4.73. The van der Waals surface area contributed by atoms with E-state index >= 15 is 0 Å². The first kappa shape index (κ1) is 13.9. The van der Waals surface area contributed by atoms with E-state index in [1.54, 1.807) is 11.4 Å². The molecule has 78 valence electrons. The number of carbonyl (C=O) groups is 1. The molecule has 0 saturated carbocycles. The van der Waals surface area contributed by atoms with Crippen molar-refractivity contribution in [2.24, 2.45) is 0 Å². The number of rotatable bonds is 2. The van der Waals surface area contributed by atoms with Gasteiger partial charge in [0.15, 0.2) is 0 Å². The normalized spacial score (nSPS) is 9.62. The summed E-state index contributed by atoms with van der Waals surface area (Å²) in [4.78, 5) is 12.8. The predicted octanol–water partition coefficient (Wildman–Crippen LogP) is 4.08. The Hall–Kier alpha value is -0.147. The number of thiophene rings is 1. The van der Waals surface area contributed by atoms with Crippen molar-refractivity contribution < 1.29 is 24.3 Å². The Balaban J connectivity index is 0.00000128. The zero-order valence-corrected chi connectivity index (χ0v) is 13.7. The summed E-state index contributed by atoms with van der Waals surface area (Å²) in [5.41, 5.74) is 1.56. The van der Waals surface area contributed by atoms with Crippen LogP contribution in [-0.2, 0) is 19.5 Å². The number of halogens is 1. The van der Waals surface area contributed by atoms with E-state index in [-0.39, 0.29) is 19.5 Å². The van der Waals surface area contributed by atoms with E-state index in [0.29, 0.717) is 5.56 Å². The standard InChI is InChI=1S/C11H7ClOS2.Zn/c12-11(13)7-5-10(15-6-7)8-3-1-2-4-9(8)14;/h1-6,14H;. The van der Waals surface area contributed by atoms with Crippen LogP contribution in [0.25, 0.3) is 10.4 Å². The van der Waals surface area contributed by atoms with Gasteiger partial charge in [0, 0.05) is 45.8 Å². The quantitative estimate of drug-likeness (QED) is 0.501. The van der Waals surface area contributed by atoms with E-state index in [1.165, 1.54) is 11.3 Å². The number of thiol groups is 1. The molecule has 2 aromatic rings. The van der Waals surface area contributed by atoms with E-state index < -0.39 is 5.24 Å². The van der Waals surface area contributed by atoms with Crippen LogP contribution < -0.4 is 0 Å². The van der Waals surface area contributed by atoms with Crippen LogP contribution in [0.5, 0.6) is 0 Å². The van der Waals surface area contributed by atoms with E-state index in [9.17, 15) is 4.79 Å². The molecule has 0 atom stereocenters. The van der Waals surface area contributed by atoms with Gasteiger partial charge in [-0.1, -0.05) is 18.2 Å². The first-order valence-corrected chi connectivity index (χ1v) is 5.95. The van der Waals surface area contributed by atoms with E-state index in [0.717, 1.165) is 15.3 Å². The maximum absolute atomic E-state index is 10.9. The van der Waals surface area contributed by atoms with Crippen molar-refractivity contribution in [2.45, 2.75) is 4.90 Å². The zero-order chi connectivity index (χ0) is 10.8. The van der Waals surface area contributed by atoms with Crippen LogP contribution in [0.1, 0.15) is 10.4 Å². The van der Waals surface area contributed by atoms with Crippen molar-refractivity contribution in [3.63, 3.8) is 0 Å². The van der Waals surface area contributed by atoms with E-state index in [2.05, 4.69) is 12.6 Å². The molecule has 0 saturated heterocycles. The van der Waals surface area contributed by atoms with Crippen molar-refractivity contribution in [1.82, 2.24) is 0 Å². The van der Waals surface area contributed by atoms with Crippen LogP contribution in [0.4, 0.5) is 0 Å². The molecule has 0 fully saturated rings. The van der Waals surface area contributed by atoms with Crippen molar-refractivity contribution >= 4 is 40.8 Å². The first-order chi connectivity index (χ1) is 7.18. The van der Waals surface area contributed by atoms with Crippen LogP contribution in [-0.4, -0.2) is 5.24 Å².